The Kier molecular flexibility index (Phi) is 4.52. The summed E-state index contributed by atoms with van der Waals surface area (Å²) in [5.41, 5.74) is -0.296. The van der Waals surface area contributed by atoms with Crippen molar-refractivity contribution in [1.29, 1.82) is 0 Å². The third-order valence-electron chi connectivity index (χ3n) is 3.09. The number of likely N-dealkylation sites (tertiary alicyclic amines) is 1. The van der Waals surface area contributed by atoms with Gasteiger partial charge in [-0.05, 0) is 33.1 Å². The third kappa shape index (κ3) is 4.07. The minimum Gasteiger partial charge on any atom is -0.393 e. The summed E-state index contributed by atoms with van der Waals surface area (Å²) in [6.07, 6.45) is 1.24. The number of aliphatic hydroxyl groups is 2. The van der Waals surface area contributed by atoms with Gasteiger partial charge in [-0.1, -0.05) is 6.92 Å². The topological polar surface area (TPSA) is 52.9 Å². The molecule has 0 radical (unpaired) electrons. The number of nitrogens with zero attached hydrogens (tertiary/aromatic N) is 1. The van der Waals surface area contributed by atoms with Crippen molar-refractivity contribution in [3.05, 3.63) is 0 Å². The van der Waals surface area contributed by atoms with Crippen LogP contribution in [0, 0.1) is 0 Å². The molecule has 1 aliphatic rings. The number of hydrogen-bond donors (Lipinski definition) is 2. The first-order chi connectivity index (χ1) is 6.94. The van der Waals surface area contributed by atoms with Crippen molar-refractivity contribution in [2.45, 2.75) is 58.2 Å². The summed E-state index contributed by atoms with van der Waals surface area (Å²) in [7, 11) is 0. The van der Waals surface area contributed by atoms with Crippen LogP contribution in [-0.4, -0.2) is 46.3 Å². The Labute approximate surface area is 91.8 Å². The molecule has 0 aromatic carbocycles. The van der Waals surface area contributed by atoms with Gasteiger partial charge in [0.25, 0.3) is 0 Å². The quantitative estimate of drug-likeness (QED) is 0.688. The maximum atomic E-state index is 9.85. The first-order valence-electron chi connectivity index (χ1n) is 5.72. The second-order valence-corrected chi connectivity index (χ2v) is 4.82. The molecule has 0 spiro atoms. The lowest BCUT2D eigenvalue weighted by Crippen LogP contribution is -2.47. The van der Waals surface area contributed by atoms with Crippen LogP contribution in [0.15, 0.2) is 0 Å². The molecule has 0 bridgehead atoms. The van der Waals surface area contributed by atoms with Crippen molar-refractivity contribution < 1.29 is 14.9 Å². The number of ether oxygens (including phenoxy) is 1. The molecule has 0 unspecified atom stereocenters. The van der Waals surface area contributed by atoms with Gasteiger partial charge in [-0.3, -0.25) is 4.90 Å². The van der Waals surface area contributed by atoms with Crippen LogP contribution in [0.25, 0.3) is 0 Å². The zero-order valence-electron chi connectivity index (χ0n) is 9.94. The molecule has 1 atom stereocenters. The predicted molar refractivity (Wildman–Crippen MR) is 58.3 cm³/mol. The molecule has 0 aromatic heterocycles. The van der Waals surface area contributed by atoms with E-state index in [1.165, 1.54) is 0 Å². The third-order valence-corrected chi connectivity index (χ3v) is 3.09. The largest absolute Gasteiger partial charge is 0.393 e. The van der Waals surface area contributed by atoms with E-state index in [4.69, 9.17) is 4.74 Å². The van der Waals surface area contributed by atoms with E-state index in [1.54, 1.807) is 0 Å². The van der Waals surface area contributed by atoms with Crippen LogP contribution in [0.3, 0.4) is 0 Å². The zero-order chi connectivity index (χ0) is 11.5. The van der Waals surface area contributed by atoms with Crippen molar-refractivity contribution in [3.8, 4) is 0 Å². The molecular weight excluding hydrogens is 194 g/mol. The fourth-order valence-corrected chi connectivity index (χ4v) is 1.55. The molecule has 1 aliphatic heterocycles. The number of aliphatic hydroxyl groups excluding tert-OH is 2. The first kappa shape index (κ1) is 12.9. The van der Waals surface area contributed by atoms with Gasteiger partial charge in [0.2, 0.25) is 6.41 Å². The van der Waals surface area contributed by atoms with E-state index in [1.807, 2.05) is 25.7 Å². The molecule has 1 fully saturated rings. The van der Waals surface area contributed by atoms with E-state index in [9.17, 15) is 10.2 Å². The molecule has 90 valence electrons. The van der Waals surface area contributed by atoms with Crippen molar-refractivity contribution in [2.24, 2.45) is 0 Å². The SMILES string of the molecule is CCC(C)(C)O[C@H](O)N1CCC(O)CC1. The molecular formula is C11H23NO3. The van der Waals surface area contributed by atoms with Gasteiger partial charge >= 0.3 is 0 Å². The highest BCUT2D eigenvalue weighted by atomic mass is 16.6. The van der Waals surface area contributed by atoms with Crippen molar-refractivity contribution >= 4 is 0 Å². The zero-order valence-corrected chi connectivity index (χ0v) is 9.94. The molecule has 4 heteroatoms. The molecule has 2 N–H and O–H groups in total. The summed E-state index contributed by atoms with van der Waals surface area (Å²) in [6, 6.07) is 0. The molecule has 4 nitrogen and oxygen atoms in total. The molecule has 1 heterocycles. The Hall–Kier alpha value is -0.160. The van der Waals surface area contributed by atoms with Crippen LogP contribution in [0.2, 0.25) is 0 Å². The lowest BCUT2D eigenvalue weighted by atomic mass is 10.1. The van der Waals surface area contributed by atoms with Crippen LogP contribution in [0.1, 0.15) is 40.0 Å². The maximum Gasteiger partial charge on any atom is 0.216 e. The highest BCUT2D eigenvalue weighted by Crippen LogP contribution is 2.19. The number of rotatable bonds is 4. The highest BCUT2D eigenvalue weighted by molar-refractivity contribution is 4.72. The van der Waals surface area contributed by atoms with Gasteiger partial charge in [0, 0.05) is 13.1 Å². The summed E-state index contributed by atoms with van der Waals surface area (Å²) in [5, 5.41) is 19.2. The lowest BCUT2D eigenvalue weighted by Gasteiger charge is -2.36. The molecule has 0 amide bonds. The number of piperidine rings is 1. The summed E-state index contributed by atoms with van der Waals surface area (Å²) in [4.78, 5) is 1.87. The Bertz CT molecular complexity index is 188. The second kappa shape index (κ2) is 5.25. The lowest BCUT2D eigenvalue weighted by molar-refractivity contribution is -0.249. The van der Waals surface area contributed by atoms with E-state index < -0.39 is 6.41 Å². The van der Waals surface area contributed by atoms with Gasteiger partial charge in [0.1, 0.15) is 0 Å². The molecule has 0 saturated carbocycles. The van der Waals surface area contributed by atoms with Crippen LogP contribution in [0.4, 0.5) is 0 Å². The average molecular weight is 217 g/mol. The smallest absolute Gasteiger partial charge is 0.216 e. The summed E-state index contributed by atoms with van der Waals surface area (Å²) < 4.78 is 5.56. The highest BCUT2D eigenvalue weighted by Gasteiger charge is 2.27. The molecule has 15 heavy (non-hydrogen) atoms. The minimum absolute atomic E-state index is 0.215. The Balaban J connectivity index is 2.37. The average Bonchev–Trinajstić information content (AvgIpc) is 2.18. The normalized spacial score (nSPS) is 23.0. The van der Waals surface area contributed by atoms with Gasteiger partial charge < -0.3 is 14.9 Å². The first-order valence-corrected chi connectivity index (χ1v) is 5.72. The fraction of sp³-hybridized carbons (Fsp3) is 1.00. The number of hydrogen-bond acceptors (Lipinski definition) is 4. The van der Waals surface area contributed by atoms with Crippen molar-refractivity contribution in [1.82, 2.24) is 4.90 Å². The standard InChI is InChI=1S/C11H23NO3/c1-4-11(2,3)15-10(14)12-7-5-9(13)6-8-12/h9-10,13-14H,4-8H2,1-3H3/t10-/m0/s1. The van der Waals surface area contributed by atoms with Crippen LogP contribution in [0.5, 0.6) is 0 Å². The van der Waals surface area contributed by atoms with E-state index in [-0.39, 0.29) is 11.7 Å². The second-order valence-electron chi connectivity index (χ2n) is 4.82. The predicted octanol–water partition coefficient (Wildman–Crippen LogP) is 0.924. The van der Waals surface area contributed by atoms with E-state index in [2.05, 4.69) is 0 Å². The Morgan fingerprint density at radius 1 is 1.40 bits per heavy atom. The molecule has 0 aromatic rings. The van der Waals surface area contributed by atoms with Gasteiger partial charge in [0.05, 0.1) is 11.7 Å². The molecule has 1 saturated heterocycles. The van der Waals surface area contributed by atoms with Crippen molar-refractivity contribution in [3.63, 3.8) is 0 Å². The molecule has 0 aliphatic carbocycles. The monoisotopic (exact) mass is 217 g/mol. The maximum absolute atomic E-state index is 9.85. The summed E-state index contributed by atoms with van der Waals surface area (Å²) >= 11 is 0. The van der Waals surface area contributed by atoms with Gasteiger partial charge in [-0.15, -0.1) is 0 Å². The van der Waals surface area contributed by atoms with E-state index >= 15 is 0 Å². The van der Waals surface area contributed by atoms with Crippen LogP contribution in [-0.2, 0) is 4.74 Å². The van der Waals surface area contributed by atoms with E-state index in [0.29, 0.717) is 25.9 Å². The summed E-state index contributed by atoms with van der Waals surface area (Å²) in [5.74, 6) is 0. The van der Waals surface area contributed by atoms with Gasteiger partial charge in [0.15, 0.2) is 0 Å². The van der Waals surface area contributed by atoms with Crippen LogP contribution >= 0.6 is 0 Å². The van der Waals surface area contributed by atoms with E-state index in [0.717, 1.165) is 6.42 Å². The minimum atomic E-state index is -0.840. The van der Waals surface area contributed by atoms with Crippen molar-refractivity contribution in [2.75, 3.05) is 13.1 Å². The Morgan fingerprint density at radius 3 is 2.40 bits per heavy atom. The van der Waals surface area contributed by atoms with Gasteiger partial charge in [-0.2, -0.15) is 0 Å². The molecule has 1 rings (SSSR count). The fourth-order valence-electron chi connectivity index (χ4n) is 1.55. The summed E-state index contributed by atoms with van der Waals surface area (Å²) in [6.45, 7) is 7.36. The Morgan fingerprint density at radius 2 is 1.93 bits per heavy atom. The van der Waals surface area contributed by atoms with Gasteiger partial charge in [-0.25, -0.2) is 0 Å². The van der Waals surface area contributed by atoms with Crippen LogP contribution < -0.4 is 0 Å².